The zero-order valence-corrected chi connectivity index (χ0v) is 8.51. The van der Waals surface area contributed by atoms with Crippen LogP contribution < -0.4 is 0 Å². The number of rotatable bonds is 0. The molecule has 1 saturated carbocycles. The molecule has 0 N–H and O–H groups in total. The standard InChI is InChI=1S/C11H18O2/c1-8-7-11(13-9(8)2)6-4-3-5-10(11)12/h8-9H,3-7H2,1-2H3/t8-,9+,11+/m0/s1. The first kappa shape index (κ1) is 9.20. The Kier molecular flexibility index (Phi) is 2.18. The van der Waals surface area contributed by atoms with Gasteiger partial charge in [-0.15, -0.1) is 0 Å². The molecular weight excluding hydrogens is 164 g/mol. The second-order valence-electron chi connectivity index (χ2n) is 4.63. The van der Waals surface area contributed by atoms with Gasteiger partial charge in [-0.25, -0.2) is 0 Å². The predicted octanol–water partition coefficient (Wildman–Crippen LogP) is 2.31. The van der Waals surface area contributed by atoms with E-state index in [4.69, 9.17) is 4.74 Å². The minimum atomic E-state index is -0.364. The number of ketones is 1. The van der Waals surface area contributed by atoms with Crippen molar-refractivity contribution in [2.24, 2.45) is 5.92 Å². The summed E-state index contributed by atoms with van der Waals surface area (Å²) in [6.45, 7) is 4.27. The van der Waals surface area contributed by atoms with Gasteiger partial charge in [0, 0.05) is 6.42 Å². The first-order valence-electron chi connectivity index (χ1n) is 5.35. The van der Waals surface area contributed by atoms with E-state index in [1.807, 2.05) is 0 Å². The maximum absolute atomic E-state index is 11.8. The molecule has 2 fully saturated rings. The molecule has 1 spiro atoms. The Bertz CT molecular complexity index is 212. The molecule has 3 atom stereocenters. The summed E-state index contributed by atoms with van der Waals surface area (Å²) in [6.07, 6.45) is 5.13. The minimum Gasteiger partial charge on any atom is -0.364 e. The molecule has 0 radical (unpaired) electrons. The van der Waals surface area contributed by atoms with Gasteiger partial charge in [0.05, 0.1) is 6.10 Å². The molecule has 1 aliphatic carbocycles. The highest BCUT2D eigenvalue weighted by Gasteiger charge is 2.48. The van der Waals surface area contributed by atoms with Gasteiger partial charge in [0.25, 0.3) is 0 Å². The van der Waals surface area contributed by atoms with Gasteiger partial charge in [0.1, 0.15) is 5.60 Å². The van der Waals surface area contributed by atoms with Crippen LogP contribution in [0.2, 0.25) is 0 Å². The van der Waals surface area contributed by atoms with Crippen LogP contribution in [0, 0.1) is 5.92 Å². The third-order valence-electron chi connectivity index (χ3n) is 3.61. The molecule has 2 rings (SSSR count). The fourth-order valence-corrected chi connectivity index (χ4v) is 2.61. The van der Waals surface area contributed by atoms with Crippen molar-refractivity contribution in [1.29, 1.82) is 0 Å². The lowest BCUT2D eigenvalue weighted by molar-refractivity contribution is -0.146. The molecule has 2 heteroatoms. The Labute approximate surface area is 79.7 Å². The molecule has 1 heterocycles. The summed E-state index contributed by atoms with van der Waals surface area (Å²) in [6, 6.07) is 0. The van der Waals surface area contributed by atoms with Gasteiger partial charge in [-0.2, -0.15) is 0 Å². The van der Waals surface area contributed by atoms with E-state index >= 15 is 0 Å². The van der Waals surface area contributed by atoms with Crippen LogP contribution in [0.1, 0.15) is 46.0 Å². The SMILES string of the molecule is C[C@H]1C[C@@]2(CCCCC2=O)O[C@@H]1C. The third kappa shape index (κ3) is 1.41. The zero-order chi connectivity index (χ0) is 9.47. The second-order valence-corrected chi connectivity index (χ2v) is 4.63. The van der Waals surface area contributed by atoms with Crippen molar-refractivity contribution < 1.29 is 9.53 Å². The van der Waals surface area contributed by atoms with E-state index in [0.29, 0.717) is 11.7 Å². The number of carbonyl (C=O) groups excluding carboxylic acids is 1. The summed E-state index contributed by atoms with van der Waals surface area (Å²) >= 11 is 0. The lowest BCUT2D eigenvalue weighted by Gasteiger charge is -2.31. The van der Waals surface area contributed by atoms with Crippen molar-refractivity contribution in [3.8, 4) is 0 Å². The maximum atomic E-state index is 11.8. The van der Waals surface area contributed by atoms with Crippen LogP contribution in [0.25, 0.3) is 0 Å². The Hall–Kier alpha value is -0.370. The Morgan fingerprint density at radius 3 is 2.69 bits per heavy atom. The van der Waals surface area contributed by atoms with Crippen molar-refractivity contribution in [1.82, 2.24) is 0 Å². The smallest absolute Gasteiger partial charge is 0.164 e. The van der Waals surface area contributed by atoms with E-state index in [-0.39, 0.29) is 11.7 Å². The van der Waals surface area contributed by atoms with E-state index in [2.05, 4.69) is 13.8 Å². The summed E-state index contributed by atoms with van der Waals surface area (Å²) in [4.78, 5) is 11.8. The molecule has 2 nitrogen and oxygen atoms in total. The summed E-state index contributed by atoms with van der Waals surface area (Å²) in [5.74, 6) is 0.900. The quantitative estimate of drug-likeness (QED) is 0.574. The lowest BCUT2D eigenvalue weighted by Crippen LogP contribution is -2.41. The molecule has 74 valence electrons. The highest BCUT2D eigenvalue weighted by Crippen LogP contribution is 2.42. The molecule has 2 aliphatic rings. The Morgan fingerprint density at radius 1 is 1.38 bits per heavy atom. The topological polar surface area (TPSA) is 26.3 Å². The number of hydrogen-bond donors (Lipinski definition) is 0. The molecule has 1 saturated heterocycles. The normalized spacial score (nSPS) is 45.8. The van der Waals surface area contributed by atoms with Gasteiger partial charge < -0.3 is 4.74 Å². The summed E-state index contributed by atoms with van der Waals surface area (Å²) in [5, 5.41) is 0. The number of hydrogen-bond acceptors (Lipinski definition) is 2. The zero-order valence-electron chi connectivity index (χ0n) is 8.51. The van der Waals surface area contributed by atoms with Crippen molar-refractivity contribution >= 4 is 5.78 Å². The van der Waals surface area contributed by atoms with E-state index in [0.717, 1.165) is 32.1 Å². The summed E-state index contributed by atoms with van der Waals surface area (Å²) in [5.41, 5.74) is -0.364. The number of ether oxygens (including phenoxy) is 1. The number of carbonyl (C=O) groups is 1. The fraction of sp³-hybridized carbons (Fsp3) is 0.909. The molecule has 0 aromatic carbocycles. The van der Waals surface area contributed by atoms with Gasteiger partial charge >= 0.3 is 0 Å². The van der Waals surface area contributed by atoms with Crippen LogP contribution in [0.3, 0.4) is 0 Å². The average Bonchev–Trinajstić information content (AvgIpc) is 2.36. The monoisotopic (exact) mass is 182 g/mol. The van der Waals surface area contributed by atoms with Gasteiger partial charge in [0.15, 0.2) is 5.78 Å². The van der Waals surface area contributed by atoms with E-state index in [9.17, 15) is 4.79 Å². The van der Waals surface area contributed by atoms with E-state index in [1.165, 1.54) is 0 Å². The number of Topliss-reactive ketones (excluding diaryl/α,β-unsaturated/α-hetero) is 1. The molecule has 0 aromatic rings. The Balaban J connectivity index is 2.16. The maximum Gasteiger partial charge on any atom is 0.164 e. The predicted molar refractivity (Wildman–Crippen MR) is 50.5 cm³/mol. The first-order valence-corrected chi connectivity index (χ1v) is 5.35. The van der Waals surface area contributed by atoms with Crippen molar-refractivity contribution in [2.75, 3.05) is 0 Å². The molecule has 0 aromatic heterocycles. The largest absolute Gasteiger partial charge is 0.364 e. The minimum absolute atomic E-state index is 0.266. The molecular formula is C11H18O2. The highest BCUT2D eigenvalue weighted by atomic mass is 16.5. The second kappa shape index (κ2) is 3.09. The molecule has 1 aliphatic heterocycles. The van der Waals surface area contributed by atoms with Crippen LogP contribution >= 0.6 is 0 Å². The van der Waals surface area contributed by atoms with Gasteiger partial charge in [-0.05, 0) is 38.5 Å². The van der Waals surface area contributed by atoms with Crippen LogP contribution in [0.4, 0.5) is 0 Å². The van der Waals surface area contributed by atoms with E-state index in [1.54, 1.807) is 0 Å². The highest BCUT2D eigenvalue weighted by molar-refractivity contribution is 5.88. The van der Waals surface area contributed by atoms with Crippen LogP contribution in [-0.2, 0) is 9.53 Å². The van der Waals surface area contributed by atoms with E-state index < -0.39 is 0 Å². The fourth-order valence-electron chi connectivity index (χ4n) is 2.61. The average molecular weight is 182 g/mol. The van der Waals surface area contributed by atoms with Gasteiger partial charge in [0.2, 0.25) is 0 Å². The molecule has 13 heavy (non-hydrogen) atoms. The Morgan fingerprint density at radius 2 is 2.15 bits per heavy atom. The summed E-state index contributed by atoms with van der Waals surface area (Å²) in [7, 11) is 0. The van der Waals surface area contributed by atoms with Crippen molar-refractivity contribution in [3.05, 3.63) is 0 Å². The summed E-state index contributed by atoms with van der Waals surface area (Å²) < 4.78 is 5.86. The first-order chi connectivity index (χ1) is 6.14. The molecule has 0 bridgehead atoms. The van der Waals surface area contributed by atoms with Gasteiger partial charge in [-0.1, -0.05) is 6.92 Å². The van der Waals surface area contributed by atoms with Crippen LogP contribution in [-0.4, -0.2) is 17.5 Å². The van der Waals surface area contributed by atoms with Crippen LogP contribution in [0.15, 0.2) is 0 Å². The van der Waals surface area contributed by atoms with Crippen LogP contribution in [0.5, 0.6) is 0 Å². The third-order valence-corrected chi connectivity index (χ3v) is 3.61. The van der Waals surface area contributed by atoms with Crippen molar-refractivity contribution in [2.45, 2.75) is 57.7 Å². The molecule has 0 unspecified atom stereocenters. The molecule has 0 amide bonds. The lowest BCUT2D eigenvalue weighted by atomic mass is 9.79. The van der Waals surface area contributed by atoms with Crippen molar-refractivity contribution in [3.63, 3.8) is 0 Å². The van der Waals surface area contributed by atoms with Gasteiger partial charge in [-0.3, -0.25) is 4.79 Å².